The maximum absolute atomic E-state index is 13.9. The van der Waals surface area contributed by atoms with Crippen molar-refractivity contribution < 1.29 is 9.13 Å². The number of nitrogens with two attached hydrogens (primary N) is 1. The number of hydrogen-bond acceptors (Lipinski definition) is 3. The summed E-state index contributed by atoms with van der Waals surface area (Å²) < 4.78 is 20.0. The Balaban J connectivity index is 2.52. The third kappa shape index (κ3) is 2.47. The van der Waals surface area contributed by atoms with E-state index in [4.69, 9.17) is 33.7 Å². The molecule has 96 valence electrons. The van der Waals surface area contributed by atoms with Crippen LogP contribution in [0.1, 0.15) is 17.2 Å². The van der Waals surface area contributed by atoms with Crippen molar-refractivity contribution in [2.75, 3.05) is 7.11 Å². The van der Waals surface area contributed by atoms with E-state index in [9.17, 15) is 4.39 Å². The van der Waals surface area contributed by atoms with Gasteiger partial charge in [0, 0.05) is 5.56 Å². The first-order valence-electron chi connectivity index (χ1n) is 5.07. The van der Waals surface area contributed by atoms with Gasteiger partial charge in [-0.25, -0.2) is 4.39 Å². The summed E-state index contributed by atoms with van der Waals surface area (Å²) in [4.78, 5) is 0. The van der Waals surface area contributed by atoms with Gasteiger partial charge in [0.2, 0.25) is 0 Å². The molecule has 2 N–H and O–H groups in total. The van der Waals surface area contributed by atoms with Crippen LogP contribution in [-0.4, -0.2) is 7.11 Å². The minimum atomic E-state index is -0.711. The van der Waals surface area contributed by atoms with Gasteiger partial charge in [-0.05, 0) is 18.2 Å². The van der Waals surface area contributed by atoms with Crippen molar-refractivity contribution in [3.05, 3.63) is 49.9 Å². The number of methoxy groups -OCH3 is 1. The van der Waals surface area contributed by atoms with Gasteiger partial charge in [-0.15, -0.1) is 11.3 Å². The van der Waals surface area contributed by atoms with Gasteiger partial charge in [-0.2, -0.15) is 0 Å². The molecular formula is C12H10Cl2FNOS. The van der Waals surface area contributed by atoms with Crippen molar-refractivity contribution in [2.45, 2.75) is 6.04 Å². The molecule has 0 amide bonds. The minimum Gasteiger partial charge on any atom is -0.496 e. The molecule has 1 aromatic heterocycles. The fourth-order valence-corrected chi connectivity index (χ4v) is 3.27. The topological polar surface area (TPSA) is 35.2 Å². The molecule has 0 spiro atoms. The third-order valence-electron chi connectivity index (χ3n) is 2.56. The molecule has 0 fully saturated rings. The van der Waals surface area contributed by atoms with Gasteiger partial charge in [0.25, 0.3) is 0 Å². The Morgan fingerprint density at radius 1 is 1.39 bits per heavy atom. The molecule has 0 radical (unpaired) electrons. The summed E-state index contributed by atoms with van der Waals surface area (Å²) in [5.74, 6) is -0.0406. The number of benzene rings is 1. The molecule has 2 aromatic rings. The maximum Gasteiger partial charge on any atom is 0.132 e. The highest BCUT2D eigenvalue weighted by atomic mass is 35.5. The van der Waals surface area contributed by atoms with Crippen molar-refractivity contribution in [1.29, 1.82) is 0 Å². The zero-order valence-corrected chi connectivity index (χ0v) is 11.7. The highest BCUT2D eigenvalue weighted by molar-refractivity contribution is 7.20. The zero-order valence-electron chi connectivity index (χ0n) is 9.41. The molecule has 1 heterocycles. The lowest BCUT2D eigenvalue weighted by atomic mass is 10.0. The molecule has 0 aliphatic rings. The van der Waals surface area contributed by atoms with E-state index >= 15 is 0 Å². The maximum atomic E-state index is 13.9. The molecular weight excluding hydrogens is 296 g/mol. The molecule has 0 aliphatic carbocycles. The predicted molar refractivity (Wildman–Crippen MR) is 73.3 cm³/mol. The van der Waals surface area contributed by atoms with Crippen LogP contribution in [0.15, 0.2) is 24.3 Å². The van der Waals surface area contributed by atoms with E-state index in [0.29, 0.717) is 20.0 Å². The monoisotopic (exact) mass is 305 g/mol. The summed E-state index contributed by atoms with van der Waals surface area (Å²) in [6.07, 6.45) is 0. The molecule has 1 atom stereocenters. The lowest BCUT2D eigenvalue weighted by Gasteiger charge is -2.16. The lowest BCUT2D eigenvalue weighted by molar-refractivity contribution is 0.402. The van der Waals surface area contributed by atoms with Gasteiger partial charge in [0.1, 0.15) is 11.6 Å². The Bertz CT molecular complexity index is 573. The Hall–Kier alpha value is -0.810. The van der Waals surface area contributed by atoms with E-state index < -0.39 is 11.9 Å². The van der Waals surface area contributed by atoms with Crippen LogP contribution in [0.3, 0.4) is 0 Å². The van der Waals surface area contributed by atoms with Gasteiger partial charge in [0.05, 0.1) is 27.4 Å². The van der Waals surface area contributed by atoms with E-state index in [0.717, 1.165) is 0 Å². The second kappa shape index (κ2) is 5.45. The summed E-state index contributed by atoms with van der Waals surface area (Å²) in [5.41, 5.74) is 6.92. The molecule has 0 saturated heterocycles. The second-order valence-electron chi connectivity index (χ2n) is 3.61. The van der Waals surface area contributed by atoms with Gasteiger partial charge in [-0.3, -0.25) is 0 Å². The van der Waals surface area contributed by atoms with Crippen LogP contribution in [0.2, 0.25) is 8.67 Å². The molecule has 6 heteroatoms. The summed E-state index contributed by atoms with van der Waals surface area (Å²) in [6, 6.07) is 5.48. The fourth-order valence-electron chi connectivity index (χ4n) is 1.72. The number of hydrogen-bond donors (Lipinski definition) is 1. The quantitative estimate of drug-likeness (QED) is 0.920. The van der Waals surface area contributed by atoms with Gasteiger partial charge >= 0.3 is 0 Å². The highest BCUT2D eigenvalue weighted by Crippen LogP contribution is 2.39. The van der Waals surface area contributed by atoms with Gasteiger partial charge in [-0.1, -0.05) is 29.3 Å². The summed E-state index contributed by atoms with van der Waals surface area (Å²) in [5, 5.41) is 0. The third-order valence-corrected chi connectivity index (χ3v) is 4.08. The average molecular weight is 306 g/mol. The average Bonchev–Trinajstić information content (AvgIpc) is 2.67. The largest absolute Gasteiger partial charge is 0.496 e. The first kappa shape index (κ1) is 13.6. The van der Waals surface area contributed by atoms with E-state index in [1.54, 1.807) is 18.2 Å². The van der Waals surface area contributed by atoms with E-state index in [2.05, 4.69) is 0 Å². The highest BCUT2D eigenvalue weighted by Gasteiger charge is 2.22. The number of rotatable bonds is 3. The van der Waals surface area contributed by atoms with Gasteiger partial charge < -0.3 is 10.5 Å². The Morgan fingerprint density at radius 2 is 2.11 bits per heavy atom. The molecule has 1 unspecified atom stereocenters. The lowest BCUT2D eigenvalue weighted by Crippen LogP contribution is -2.14. The molecule has 18 heavy (non-hydrogen) atoms. The van der Waals surface area contributed by atoms with Crippen molar-refractivity contribution in [2.24, 2.45) is 5.73 Å². The van der Waals surface area contributed by atoms with E-state index in [-0.39, 0.29) is 5.56 Å². The van der Waals surface area contributed by atoms with Crippen LogP contribution in [0.5, 0.6) is 5.75 Å². The molecule has 1 aromatic carbocycles. The smallest absolute Gasteiger partial charge is 0.132 e. The molecule has 0 saturated carbocycles. The second-order valence-corrected chi connectivity index (χ2v) is 5.90. The Labute approximate surface area is 118 Å². The van der Waals surface area contributed by atoms with Crippen molar-refractivity contribution in [3.8, 4) is 5.75 Å². The fraction of sp³-hybridized carbons (Fsp3) is 0.167. The number of halogens is 3. The molecule has 0 aliphatic heterocycles. The Morgan fingerprint density at radius 3 is 2.67 bits per heavy atom. The van der Waals surface area contributed by atoms with Crippen LogP contribution < -0.4 is 10.5 Å². The Kier molecular flexibility index (Phi) is 4.12. The van der Waals surface area contributed by atoms with Crippen LogP contribution in [0.25, 0.3) is 0 Å². The minimum absolute atomic E-state index is 0.274. The van der Waals surface area contributed by atoms with Crippen molar-refractivity contribution in [3.63, 3.8) is 0 Å². The molecule has 0 bridgehead atoms. The summed E-state index contributed by atoms with van der Waals surface area (Å²) >= 11 is 13.1. The SMILES string of the molecule is COc1cccc(F)c1C(N)c1cc(Cl)sc1Cl. The number of ether oxygens (including phenoxy) is 1. The van der Waals surface area contributed by atoms with Crippen LogP contribution in [0.4, 0.5) is 4.39 Å². The van der Waals surface area contributed by atoms with Crippen molar-refractivity contribution >= 4 is 34.5 Å². The van der Waals surface area contributed by atoms with Crippen LogP contribution >= 0.6 is 34.5 Å². The predicted octanol–water partition coefficient (Wildman–Crippen LogP) is 4.25. The van der Waals surface area contributed by atoms with E-state index in [1.807, 2.05) is 0 Å². The van der Waals surface area contributed by atoms with Crippen molar-refractivity contribution in [1.82, 2.24) is 0 Å². The van der Waals surface area contributed by atoms with Gasteiger partial charge in [0.15, 0.2) is 0 Å². The first-order valence-corrected chi connectivity index (χ1v) is 6.64. The molecule has 2 rings (SSSR count). The number of thiophene rings is 1. The van der Waals surface area contributed by atoms with Crippen LogP contribution in [0, 0.1) is 5.82 Å². The van der Waals surface area contributed by atoms with Crippen LogP contribution in [-0.2, 0) is 0 Å². The first-order chi connectivity index (χ1) is 8.54. The van der Waals surface area contributed by atoms with E-state index in [1.165, 1.54) is 24.5 Å². The standard InChI is InChI=1S/C12H10Cl2FNOS/c1-17-8-4-2-3-7(15)10(8)11(16)6-5-9(13)18-12(6)14/h2-5,11H,16H2,1H3. The normalized spacial score (nSPS) is 12.5. The summed E-state index contributed by atoms with van der Waals surface area (Å²) in [7, 11) is 1.47. The molecule has 2 nitrogen and oxygen atoms in total. The zero-order chi connectivity index (χ0) is 13.3. The summed E-state index contributed by atoms with van der Waals surface area (Å²) in [6.45, 7) is 0.